The zero-order chi connectivity index (χ0) is 15.5. The van der Waals surface area contributed by atoms with E-state index in [1.807, 2.05) is 0 Å². The monoisotopic (exact) mass is 287 g/mol. The summed E-state index contributed by atoms with van der Waals surface area (Å²) in [5.41, 5.74) is -0.669. The zero-order valence-corrected chi connectivity index (χ0v) is 12.5. The standard InChI is InChI=1S/C13H21NO6/c1-8(15)19-9-6-10(11(16)18-5)14(7-9)12(17)20-13(2,3)4/h9-10H,6-7H2,1-5H3/t9-,10-/m0/s1. The van der Waals surface area contributed by atoms with Gasteiger partial charge in [-0.1, -0.05) is 0 Å². The van der Waals surface area contributed by atoms with Crippen molar-refractivity contribution in [3.8, 4) is 0 Å². The summed E-state index contributed by atoms with van der Waals surface area (Å²) in [6.45, 7) is 6.60. The molecule has 7 nitrogen and oxygen atoms in total. The smallest absolute Gasteiger partial charge is 0.411 e. The minimum Gasteiger partial charge on any atom is -0.467 e. The van der Waals surface area contributed by atoms with E-state index in [-0.39, 0.29) is 13.0 Å². The molecule has 20 heavy (non-hydrogen) atoms. The van der Waals surface area contributed by atoms with Gasteiger partial charge in [-0.3, -0.25) is 9.69 Å². The molecule has 1 aliphatic heterocycles. The minimum atomic E-state index is -0.792. The van der Waals surface area contributed by atoms with Crippen molar-refractivity contribution in [2.24, 2.45) is 0 Å². The number of nitrogens with zero attached hydrogens (tertiary/aromatic N) is 1. The molecule has 1 saturated heterocycles. The van der Waals surface area contributed by atoms with Gasteiger partial charge in [0, 0.05) is 13.3 Å². The molecule has 0 radical (unpaired) electrons. The number of hydrogen-bond acceptors (Lipinski definition) is 6. The van der Waals surface area contributed by atoms with Gasteiger partial charge in [0.25, 0.3) is 0 Å². The fourth-order valence-corrected chi connectivity index (χ4v) is 2.00. The van der Waals surface area contributed by atoms with Crippen molar-refractivity contribution in [1.29, 1.82) is 0 Å². The second kappa shape index (κ2) is 6.11. The van der Waals surface area contributed by atoms with Crippen LogP contribution in [-0.4, -0.2) is 54.3 Å². The average Bonchev–Trinajstić information content (AvgIpc) is 2.68. The molecule has 114 valence electrons. The van der Waals surface area contributed by atoms with Crippen molar-refractivity contribution >= 4 is 18.0 Å². The van der Waals surface area contributed by atoms with E-state index < -0.39 is 35.8 Å². The molecule has 0 spiro atoms. The van der Waals surface area contributed by atoms with Crippen molar-refractivity contribution in [3.05, 3.63) is 0 Å². The number of amides is 1. The molecule has 0 aliphatic carbocycles. The van der Waals surface area contributed by atoms with Crippen LogP contribution in [0.2, 0.25) is 0 Å². The van der Waals surface area contributed by atoms with Crippen LogP contribution in [0, 0.1) is 0 Å². The number of likely N-dealkylation sites (tertiary alicyclic amines) is 1. The van der Waals surface area contributed by atoms with Crippen molar-refractivity contribution < 1.29 is 28.6 Å². The van der Waals surface area contributed by atoms with Crippen LogP contribution in [-0.2, 0) is 23.8 Å². The number of methoxy groups -OCH3 is 1. The largest absolute Gasteiger partial charge is 0.467 e. The van der Waals surface area contributed by atoms with Gasteiger partial charge in [-0.25, -0.2) is 9.59 Å². The SMILES string of the molecule is COC(=O)[C@@H]1C[C@H](OC(C)=O)CN1C(=O)OC(C)(C)C. The van der Waals surface area contributed by atoms with E-state index in [1.165, 1.54) is 18.9 Å². The molecule has 0 saturated carbocycles. The van der Waals surface area contributed by atoms with E-state index in [4.69, 9.17) is 9.47 Å². The van der Waals surface area contributed by atoms with Crippen LogP contribution >= 0.6 is 0 Å². The molecular formula is C13H21NO6. The first-order valence-corrected chi connectivity index (χ1v) is 6.38. The third-order valence-electron chi connectivity index (χ3n) is 2.70. The Morgan fingerprint density at radius 1 is 1.20 bits per heavy atom. The fourth-order valence-electron chi connectivity index (χ4n) is 2.00. The third kappa shape index (κ3) is 4.40. The second-order valence-electron chi connectivity index (χ2n) is 5.64. The van der Waals surface area contributed by atoms with Crippen LogP contribution in [0.4, 0.5) is 4.79 Å². The van der Waals surface area contributed by atoms with Gasteiger partial charge in [-0.05, 0) is 20.8 Å². The zero-order valence-electron chi connectivity index (χ0n) is 12.5. The summed E-state index contributed by atoms with van der Waals surface area (Å²) in [6.07, 6.45) is -0.933. The Balaban J connectivity index is 2.81. The Morgan fingerprint density at radius 3 is 2.25 bits per heavy atom. The molecule has 0 aromatic rings. The summed E-state index contributed by atoms with van der Waals surface area (Å²) in [6, 6.07) is -0.792. The molecule has 0 aromatic heterocycles. The van der Waals surface area contributed by atoms with Gasteiger partial charge < -0.3 is 14.2 Å². The molecule has 7 heteroatoms. The molecule has 1 aliphatic rings. The van der Waals surface area contributed by atoms with Crippen LogP contribution < -0.4 is 0 Å². The molecule has 1 rings (SSSR count). The maximum atomic E-state index is 12.1. The van der Waals surface area contributed by atoms with E-state index in [1.54, 1.807) is 20.8 Å². The van der Waals surface area contributed by atoms with Crippen LogP contribution in [0.25, 0.3) is 0 Å². The van der Waals surface area contributed by atoms with Crippen molar-refractivity contribution in [3.63, 3.8) is 0 Å². The molecule has 1 fully saturated rings. The summed E-state index contributed by atoms with van der Waals surface area (Å²) in [5.74, 6) is -1.00. The topological polar surface area (TPSA) is 82.1 Å². The molecule has 2 atom stereocenters. The van der Waals surface area contributed by atoms with Gasteiger partial charge in [-0.15, -0.1) is 0 Å². The highest BCUT2D eigenvalue weighted by atomic mass is 16.6. The van der Waals surface area contributed by atoms with E-state index in [0.29, 0.717) is 0 Å². The molecule has 0 bridgehead atoms. The summed E-state index contributed by atoms with van der Waals surface area (Å²) in [7, 11) is 1.24. The lowest BCUT2D eigenvalue weighted by molar-refractivity contribution is -0.148. The maximum Gasteiger partial charge on any atom is 0.411 e. The maximum absolute atomic E-state index is 12.1. The first kappa shape index (κ1) is 16.3. The van der Waals surface area contributed by atoms with E-state index in [2.05, 4.69) is 4.74 Å². The number of ether oxygens (including phenoxy) is 3. The van der Waals surface area contributed by atoms with Crippen molar-refractivity contribution in [2.75, 3.05) is 13.7 Å². The molecule has 0 unspecified atom stereocenters. The lowest BCUT2D eigenvalue weighted by Gasteiger charge is -2.27. The summed E-state index contributed by atoms with van der Waals surface area (Å²) in [5, 5.41) is 0. The highest BCUT2D eigenvalue weighted by Crippen LogP contribution is 2.24. The van der Waals surface area contributed by atoms with Gasteiger partial charge in [0.05, 0.1) is 13.7 Å². The Kier molecular flexibility index (Phi) is 4.97. The predicted molar refractivity (Wildman–Crippen MR) is 68.9 cm³/mol. The molecular weight excluding hydrogens is 266 g/mol. The van der Waals surface area contributed by atoms with Gasteiger partial charge in [0.1, 0.15) is 17.7 Å². The van der Waals surface area contributed by atoms with Crippen molar-refractivity contribution in [1.82, 2.24) is 4.90 Å². The van der Waals surface area contributed by atoms with E-state index in [0.717, 1.165) is 0 Å². The number of hydrogen-bond donors (Lipinski definition) is 0. The number of rotatable bonds is 2. The summed E-state index contributed by atoms with van der Waals surface area (Å²) in [4.78, 5) is 36.0. The van der Waals surface area contributed by atoms with Crippen LogP contribution in [0.1, 0.15) is 34.1 Å². The molecule has 1 heterocycles. The van der Waals surface area contributed by atoms with Gasteiger partial charge in [-0.2, -0.15) is 0 Å². The quantitative estimate of drug-likeness (QED) is 0.559. The van der Waals surface area contributed by atoms with Crippen LogP contribution in [0.15, 0.2) is 0 Å². The van der Waals surface area contributed by atoms with Gasteiger partial charge >= 0.3 is 18.0 Å². The first-order chi connectivity index (χ1) is 9.14. The lowest BCUT2D eigenvalue weighted by atomic mass is 10.2. The lowest BCUT2D eigenvalue weighted by Crippen LogP contribution is -2.44. The highest BCUT2D eigenvalue weighted by molar-refractivity contribution is 5.82. The second-order valence-corrected chi connectivity index (χ2v) is 5.64. The Labute approximate surface area is 118 Å². The van der Waals surface area contributed by atoms with E-state index >= 15 is 0 Å². The Hall–Kier alpha value is -1.79. The van der Waals surface area contributed by atoms with Crippen LogP contribution in [0.5, 0.6) is 0 Å². The number of esters is 2. The van der Waals surface area contributed by atoms with Crippen LogP contribution in [0.3, 0.4) is 0 Å². The summed E-state index contributed by atoms with van der Waals surface area (Å²) < 4.78 is 15.0. The normalized spacial score (nSPS) is 22.4. The minimum absolute atomic E-state index is 0.119. The van der Waals surface area contributed by atoms with Gasteiger partial charge in [0.15, 0.2) is 0 Å². The Bertz CT molecular complexity index is 400. The highest BCUT2D eigenvalue weighted by Gasteiger charge is 2.43. The van der Waals surface area contributed by atoms with Gasteiger partial charge in [0.2, 0.25) is 0 Å². The van der Waals surface area contributed by atoms with Crippen molar-refractivity contribution in [2.45, 2.75) is 51.9 Å². The molecule has 0 N–H and O–H groups in total. The molecule has 1 amide bonds. The fraction of sp³-hybridized carbons (Fsp3) is 0.769. The Morgan fingerprint density at radius 2 is 1.80 bits per heavy atom. The first-order valence-electron chi connectivity index (χ1n) is 6.38. The third-order valence-corrected chi connectivity index (χ3v) is 2.70. The van der Waals surface area contributed by atoms with E-state index in [9.17, 15) is 14.4 Å². The number of carbonyl (C=O) groups is 3. The number of carbonyl (C=O) groups excluding carboxylic acids is 3. The summed E-state index contributed by atoms with van der Waals surface area (Å²) >= 11 is 0. The molecule has 0 aromatic carbocycles. The average molecular weight is 287 g/mol. The predicted octanol–water partition coefficient (Wildman–Crippen LogP) is 1.10.